The van der Waals surface area contributed by atoms with Crippen molar-refractivity contribution in [3.63, 3.8) is 0 Å². The fourth-order valence-corrected chi connectivity index (χ4v) is 2.37. The smallest absolute Gasteiger partial charge is 0.309 e. The number of amidine groups is 1. The number of carbonyl (C=O) groups excluding carboxylic acids is 1. The number of nitrogens with one attached hydrogen (secondary N) is 2. The van der Waals surface area contributed by atoms with E-state index in [-0.39, 0.29) is 18.9 Å². The van der Waals surface area contributed by atoms with E-state index in [1.165, 1.54) is 7.11 Å². The molecule has 8 nitrogen and oxygen atoms in total. The molecule has 0 aliphatic carbocycles. The lowest BCUT2D eigenvalue weighted by molar-refractivity contribution is -0.136. The number of hydrogen-bond donors (Lipinski definition) is 3. The van der Waals surface area contributed by atoms with E-state index in [2.05, 4.69) is 25.0 Å². The monoisotopic (exact) mass is 274 g/mol. The van der Waals surface area contributed by atoms with Crippen LogP contribution in [-0.4, -0.2) is 42.9 Å². The van der Waals surface area contributed by atoms with Crippen LogP contribution in [0.15, 0.2) is 20.6 Å². The molecular formula is C9H14N4O4S. The van der Waals surface area contributed by atoms with Crippen LogP contribution in [0.1, 0.15) is 6.42 Å². The third kappa shape index (κ3) is 4.35. The molecule has 1 amide bonds. The second-order valence-electron chi connectivity index (χ2n) is 3.25. The molecule has 0 aromatic heterocycles. The first kappa shape index (κ1) is 14.5. The molecule has 100 valence electrons. The average molecular weight is 274 g/mol. The van der Waals surface area contributed by atoms with Crippen LogP contribution in [0.5, 0.6) is 0 Å². The van der Waals surface area contributed by atoms with E-state index < -0.39 is 16.7 Å². The Balaban J connectivity index is 2.79. The lowest BCUT2D eigenvalue weighted by Gasteiger charge is -2.04. The molecule has 0 radical (unpaired) electrons. The van der Waals surface area contributed by atoms with Crippen LogP contribution < -0.4 is 10.6 Å². The Kier molecular flexibility index (Phi) is 5.62. The SMILES string of the molecule is CNCC(=O)NC1=NC(CC(=O)O)=CS1=NOC. The summed E-state index contributed by atoms with van der Waals surface area (Å²) >= 11 is 0. The normalized spacial score (nSPS) is 18.4. The van der Waals surface area contributed by atoms with Crippen molar-refractivity contribution in [2.24, 2.45) is 9.52 Å². The van der Waals surface area contributed by atoms with Crippen LogP contribution in [0.2, 0.25) is 0 Å². The van der Waals surface area contributed by atoms with Crippen LogP contribution in [0.25, 0.3) is 0 Å². The molecule has 0 saturated heterocycles. The van der Waals surface area contributed by atoms with Gasteiger partial charge in [0.25, 0.3) is 0 Å². The molecule has 0 fully saturated rings. The van der Waals surface area contributed by atoms with Crippen molar-refractivity contribution in [2.75, 3.05) is 20.7 Å². The molecule has 0 saturated carbocycles. The molecule has 18 heavy (non-hydrogen) atoms. The molecule has 0 aromatic carbocycles. The minimum atomic E-state index is -0.992. The van der Waals surface area contributed by atoms with Crippen molar-refractivity contribution >= 4 is 27.7 Å². The molecule has 1 aliphatic rings. The lowest BCUT2D eigenvalue weighted by atomic mass is 10.3. The largest absolute Gasteiger partial charge is 0.481 e. The third-order valence-corrected chi connectivity index (χ3v) is 3.16. The Labute approximate surface area is 106 Å². The zero-order valence-electron chi connectivity index (χ0n) is 9.97. The van der Waals surface area contributed by atoms with Gasteiger partial charge in [-0.25, -0.2) is 9.83 Å². The second kappa shape index (κ2) is 6.99. The summed E-state index contributed by atoms with van der Waals surface area (Å²) in [4.78, 5) is 30.7. The first-order chi connectivity index (χ1) is 8.56. The number of amides is 1. The Morgan fingerprint density at radius 2 is 2.33 bits per heavy atom. The molecule has 1 atom stereocenters. The number of carboxylic acid groups (broad SMARTS) is 1. The molecule has 1 heterocycles. The second-order valence-corrected chi connectivity index (χ2v) is 4.65. The molecule has 1 aliphatic heterocycles. The highest BCUT2D eigenvalue weighted by molar-refractivity contribution is 8.05. The number of likely N-dealkylation sites (N-methyl/N-ethyl adjacent to an activating group) is 1. The topological polar surface area (TPSA) is 112 Å². The summed E-state index contributed by atoms with van der Waals surface area (Å²) in [6.45, 7) is 0.136. The van der Waals surface area contributed by atoms with Gasteiger partial charge < -0.3 is 15.7 Å². The zero-order valence-corrected chi connectivity index (χ0v) is 10.8. The molecule has 1 rings (SSSR count). The van der Waals surface area contributed by atoms with Crippen molar-refractivity contribution in [3.8, 4) is 0 Å². The van der Waals surface area contributed by atoms with Gasteiger partial charge in [0, 0.05) is 16.1 Å². The number of rotatable bonds is 5. The Bertz CT molecular complexity index is 444. The van der Waals surface area contributed by atoms with Crippen LogP contribution in [0.4, 0.5) is 0 Å². The van der Waals surface area contributed by atoms with Gasteiger partial charge in [-0.15, -0.1) is 0 Å². The van der Waals surface area contributed by atoms with Gasteiger partial charge in [0.15, 0.2) is 5.17 Å². The van der Waals surface area contributed by atoms with E-state index in [0.29, 0.717) is 10.9 Å². The van der Waals surface area contributed by atoms with E-state index in [1.54, 1.807) is 12.5 Å². The van der Waals surface area contributed by atoms with E-state index in [0.717, 1.165) is 0 Å². The molecule has 0 aromatic rings. The highest BCUT2D eigenvalue weighted by Crippen LogP contribution is 2.15. The van der Waals surface area contributed by atoms with Crippen LogP contribution in [-0.2, 0) is 25.1 Å². The Morgan fingerprint density at radius 1 is 1.61 bits per heavy atom. The summed E-state index contributed by atoms with van der Waals surface area (Å²) in [6.07, 6.45) is -0.214. The van der Waals surface area contributed by atoms with Gasteiger partial charge in [0.05, 0.1) is 25.8 Å². The van der Waals surface area contributed by atoms with Crippen molar-refractivity contribution in [2.45, 2.75) is 6.42 Å². The van der Waals surface area contributed by atoms with Gasteiger partial charge in [0.2, 0.25) is 5.91 Å². The number of aliphatic carboxylic acids is 1. The summed E-state index contributed by atoms with van der Waals surface area (Å²) < 4.78 is 3.77. The van der Waals surface area contributed by atoms with Gasteiger partial charge in [-0.1, -0.05) is 4.53 Å². The Morgan fingerprint density at radius 3 is 2.89 bits per heavy atom. The van der Waals surface area contributed by atoms with Crippen LogP contribution >= 0.6 is 0 Å². The van der Waals surface area contributed by atoms with Gasteiger partial charge in [-0.05, 0) is 7.05 Å². The van der Waals surface area contributed by atoms with E-state index in [1.807, 2.05) is 0 Å². The first-order valence-corrected chi connectivity index (χ1v) is 6.24. The minimum absolute atomic E-state index is 0.136. The highest BCUT2D eigenvalue weighted by atomic mass is 32.2. The number of aliphatic imine (C=N–C) groups is 1. The molecule has 3 N–H and O–H groups in total. The highest BCUT2D eigenvalue weighted by Gasteiger charge is 2.19. The van der Waals surface area contributed by atoms with E-state index in [4.69, 9.17) is 5.11 Å². The standard InChI is InChI=1S/C9H14N4O4S/c1-10-4-7(14)12-9-11-6(3-8(15)16)5-18(9)13-17-2/h5,10H,3-4H2,1-2H3,(H,15,16)(H,11,12,14). The summed E-state index contributed by atoms with van der Waals surface area (Å²) in [5.74, 6) is -1.27. The van der Waals surface area contributed by atoms with Gasteiger partial charge in [0.1, 0.15) is 0 Å². The van der Waals surface area contributed by atoms with Crippen LogP contribution in [0, 0.1) is 0 Å². The molecule has 1 unspecified atom stereocenters. The summed E-state index contributed by atoms with van der Waals surface area (Å²) in [6, 6.07) is 0. The van der Waals surface area contributed by atoms with Gasteiger partial charge in [-0.3, -0.25) is 9.59 Å². The summed E-state index contributed by atoms with van der Waals surface area (Å²) in [5.41, 5.74) is 0.353. The maximum absolute atomic E-state index is 11.4. The van der Waals surface area contributed by atoms with Crippen molar-refractivity contribution in [1.82, 2.24) is 10.6 Å². The molecule has 9 heteroatoms. The average Bonchev–Trinajstić information content (AvgIpc) is 2.60. The van der Waals surface area contributed by atoms with Gasteiger partial charge >= 0.3 is 5.97 Å². The molecule has 0 spiro atoms. The number of nitrogens with zero attached hydrogens (tertiary/aromatic N) is 2. The van der Waals surface area contributed by atoms with E-state index >= 15 is 0 Å². The molecular weight excluding hydrogens is 260 g/mol. The number of carbonyl (C=O) groups is 2. The number of hydrogen-bond acceptors (Lipinski definition) is 6. The predicted molar refractivity (Wildman–Crippen MR) is 66.6 cm³/mol. The van der Waals surface area contributed by atoms with Crippen molar-refractivity contribution in [1.29, 1.82) is 0 Å². The van der Waals surface area contributed by atoms with Crippen molar-refractivity contribution < 1.29 is 19.5 Å². The maximum atomic E-state index is 11.4. The maximum Gasteiger partial charge on any atom is 0.309 e. The first-order valence-electron chi connectivity index (χ1n) is 5.00. The zero-order chi connectivity index (χ0) is 13.5. The van der Waals surface area contributed by atoms with Gasteiger partial charge in [-0.2, -0.15) is 0 Å². The van der Waals surface area contributed by atoms with E-state index in [9.17, 15) is 9.59 Å². The summed E-state index contributed by atoms with van der Waals surface area (Å²) in [7, 11) is 2.15. The minimum Gasteiger partial charge on any atom is -0.481 e. The number of carboxylic acids is 1. The van der Waals surface area contributed by atoms with Crippen LogP contribution in [0.3, 0.4) is 0 Å². The fourth-order valence-electron chi connectivity index (χ4n) is 1.17. The van der Waals surface area contributed by atoms with Crippen molar-refractivity contribution in [3.05, 3.63) is 11.1 Å². The quantitative estimate of drug-likeness (QED) is 0.578. The lowest BCUT2D eigenvalue weighted by Crippen LogP contribution is -2.37. The fraction of sp³-hybridized carbons (Fsp3) is 0.444. The Hall–Kier alpha value is -1.58. The molecule has 0 bridgehead atoms. The summed E-state index contributed by atoms with van der Waals surface area (Å²) in [5, 5.41) is 15.8. The third-order valence-electron chi connectivity index (χ3n) is 1.76. The predicted octanol–water partition coefficient (Wildman–Crippen LogP) is -0.629.